The summed E-state index contributed by atoms with van der Waals surface area (Å²) in [6, 6.07) is 22.8. The molecule has 0 saturated heterocycles. The number of hydrogen-bond acceptors (Lipinski definition) is 3. The van der Waals surface area contributed by atoms with Crippen LogP contribution in [0.3, 0.4) is 0 Å². The predicted octanol–water partition coefficient (Wildman–Crippen LogP) is 3.41. The van der Waals surface area contributed by atoms with Crippen molar-refractivity contribution in [2.45, 2.75) is 6.92 Å². The Morgan fingerprint density at radius 1 is 0.600 bits per heavy atom. The van der Waals surface area contributed by atoms with Crippen LogP contribution in [0.15, 0.2) is 78.9 Å². The molecule has 0 spiro atoms. The topological polar surface area (TPSA) is 87.3 Å². The van der Waals surface area contributed by atoms with Gasteiger partial charge in [-0.3, -0.25) is 14.4 Å². The minimum Gasteiger partial charge on any atom is -0.350 e. The first kappa shape index (κ1) is 20.8. The molecule has 6 heteroatoms. The first-order valence-electron chi connectivity index (χ1n) is 9.62. The molecule has 30 heavy (non-hydrogen) atoms. The molecule has 3 aromatic rings. The Hall–Kier alpha value is -3.93. The molecule has 6 nitrogen and oxygen atoms in total. The van der Waals surface area contributed by atoms with Gasteiger partial charge in [-0.05, 0) is 55.5 Å². The lowest BCUT2D eigenvalue weighted by Crippen LogP contribution is -2.34. The summed E-state index contributed by atoms with van der Waals surface area (Å²) in [6.07, 6.45) is 0. The zero-order chi connectivity index (χ0) is 21.3. The van der Waals surface area contributed by atoms with Crippen molar-refractivity contribution in [3.8, 4) is 0 Å². The van der Waals surface area contributed by atoms with Crippen LogP contribution in [0.25, 0.3) is 0 Å². The first-order chi connectivity index (χ1) is 14.5. The number of carbonyl (C=O) groups excluding carboxylic acids is 3. The highest BCUT2D eigenvalue weighted by molar-refractivity contribution is 6.04. The van der Waals surface area contributed by atoms with Crippen LogP contribution in [0.1, 0.15) is 36.6 Å². The average molecular weight is 401 g/mol. The van der Waals surface area contributed by atoms with Crippen LogP contribution in [0, 0.1) is 6.92 Å². The van der Waals surface area contributed by atoms with Gasteiger partial charge in [0.25, 0.3) is 17.7 Å². The summed E-state index contributed by atoms with van der Waals surface area (Å²) in [6.45, 7) is 2.59. The molecule has 0 aliphatic heterocycles. The summed E-state index contributed by atoms with van der Waals surface area (Å²) in [5.74, 6) is -0.639. The summed E-state index contributed by atoms with van der Waals surface area (Å²) < 4.78 is 0. The number of amides is 3. The molecule has 3 N–H and O–H groups in total. The third-order valence-corrected chi connectivity index (χ3v) is 4.45. The average Bonchev–Trinajstić information content (AvgIpc) is 2.78. The van der Waals surface area contributed by atoms with E-state index in [2.05, 4.69) is 16.0 Å². The van der Waals surface area contributed by atoms with E-state index < -0.39 is 0 Å². The van der Waals surface area contributed by atoms with Gasteiger partial charge in [0, 0.05) is 35.5 Å². The minimum absolute atomic E-state index is 0.182. The molecular formula is C24H23N3O3. The van der Waals surface area contributed by atoms with Crippen molar-refractivity contribution in [3.05, 3.63) is 101 Å². The molecule has 0 fully saturated rings. The van der Waals surface area contributed by atoms with Gasteiger partial charge >= 0.3 is 0 Å². The molecule has 0 aliphatic rings. The van der Waals surface area contributed by atoms with Gasteiger partial charge in [-0.15, -0.1) is 0 Å². The summed E-state index contributed by atoms with van der Waals surface area (Å²) >= 11 is 0. The molecule has 0 unspecified atom stereocenters. The quantitative estimate of drug-likeness (QED) is 0.530. The van der Waals surface area contributed by atoms with Gasteiger partial charge < -0.3 is 16.0 Å². The molecule has 152 valence electrons. The van der Waals surface area contributed by atoms with Gasteiger partial charge in [0.1, 0.15) is 0 Å². The Bertz CT molecular complexity index is 1010. The van der Waals surface area contributed by atoms with Gasteiger partial charge in [0.15, 0.2) is 0 Å². The number of rotatable bonds is 7. The summed E-state index contributed by atoms with van der Waals surface area (Å²) in [5, 5.41) is 8.32. The van der Waals surface area contributed by atoms with Crippen molar-refractivity contribution in [1.82, 2.24) is 10.6 Å². The zero-order valence-electron chi connectivity index (χ0n) is 16.6. The fourth-order valence-corrected chi connectivity index (χ4v) is 2.76. The first-order valence-corrected chi connectivity index (χ1v) is 9.62. The Labute approximate surface area is 175 Å². The molecule has 0 heterocycles. The molecule has 3 rings (SSSR count). The van der Waals surface area contributed by atoms with E-state index >= 15 is 0 Å². The van der Waals surface area contributed by atoms with Crippen molar-refractivity contribution in [2.24, 2.45) is 0 Å². The molecule has 0 aromatic heterocycles. The highest BCUT2D eigenvalue weighted by atomic mass is 16.2. The largest absolute Gasteiger partial charge is 0.350 e. The van der Waals surface area contributed by atoms with Crippen molar-refractivity contribution < 1.29 is 14.4 Å². The van der Waals surface area contributed by atoms with Crippen molar-refractivity contribution in [1.29, 1.82) is 0 Å². The Balaban J connectivity index is 1.45. The maximum atomic E-state index is 12.3. The molecule has 0 saturated carbocycles. The minimum atomic E-state index is -0.250. The highest BCUT2D eigenvalue weighted by Gasteiger charge is 2.09. The number of anilines is 1. The van der Waals surface area contributed by atoms with E-state index in [-0.39, 0.29) is 17.7 Å². The highest BCUT2D eigenvalue weighted by Crippen LogP contribution is 2.12. The zero-order valence-corrected chi connectivity index (χ0v) is 16.6. The number of hydrogen-bond donors (Lipinski definition) is 3. The van der Waals surface area contributed by atoms with Crippen LogP contribution in [0.2, 0.25) is 0 Å². The number of nitrogens with one attached hydrogen (secondary N) is 3. The van der Waals surface area contributed by atoms with Crippen LogP contribution >= 0.6 is 0 Å². The summed E-state index contributed by atoms with van der Waals surface area (Å²) in [4.78, 5) is 36.4. The van der Waals surface area contributed by atoms with Gasteiger partial charge in [0.05, 0.1) is 0 Å². The van der Waals surface area contributed by atoms with E-state index in [0.29, 0.717) is 35.5 Å². The lowest BCUT2D eigenvalue weighted by atomic mass is 10.1. The normalized spacial score (nSPS) is 10.2. The van der Waals surface area contributed by atoms with E-state index in [4.69, 9.17) is 0 Å². The summed E-state index contributed by atoms with van der Waals surface area (Å²) in [7, 11) is 0. The second-order valence-electron chi connectivity index (χ2n) is 6.78. The lowest BCUT2D eigenvalue weighted by molar-refractivity contribution is 0.0927. The third kappa shape index (κ3) is 5.78. The van der Waals surface area contributed by atoms with Crippen LogP contribution < -0.4 is 16.0 Å². The van der Waals surface area contributed by atoms with Gasteiger partial charge in [-0.1, -0.05) is 35.9 Å². The standard InChI is InChI=1S/C24H23N3O3/c1-17-7-9-20(10-8-17)24(30)27-21-13-11-19(12-14-21)23(29)26-16-15-25-22(28)18-5-3-2-4-6-18/h2-14H,15-16H2,1H3,(H,25,28)(H,26,29)(H,27,30). The lowest BCUT2D eigenvalue weighted by Gasteiger charge is -2.09. The fourth-order valence-electron chi connectivity index (χ4n) is 2.76. The molecule has 0 atom stereocenters. The Morgan fingerprint density at radius 3 is 1.63 bits per heavy atom. The van der Waals surface area contributed by atoms with Crippen LogP contribution in [-0.4, -0.2) is 30.8 Å². The van der Waals surface area contributed by atoms with E-state index in [9.17, 15) is 14.4 Å². The van der Waals surface area contributed by atoms with E-state index in [1.54, 1.807) is 60.7 Å². The van der Waals surface area contributed by atoms with Gasteiger partial charge in [0.2, 0.25) is 0 Å². The molecule has 3 aromatic carbocycles. The Kier molecular flexibility index (Phi) is 6.95. The SMILES string of the molecule is Cc1ccc(C(=O)Nc2ccc(C(=O)NCCNC(=O)c3ccccc3)cc2)cc1. The molecular weight excluding hydrogens is 378 g/mol. The number of benzene rings is 3. The van der Waals surface area contributed by atoms with Gasteiger partial charge in [-0.2, -0.15) is 0 Å². The monoisotopic (exact) mass is 401 g/mol. The number of aryl methyl sites for hydroxylation is 1. The second kappa shape index (κ2) is 10.0. The van der Waals surface area contributed by atoms with Crippen LogP contribution in [0.5, 0.6) is 0 Å². The molecule has 0 aliphatic carbocycles. The fraction of sp³-hybridized carbons (Fsp3) is 0.125. The van der Waals surface area contributed by atoms with E-state index in [0.717, 1.165) is 5.56 Å². The maximum absolute atomic E-state index is 12.3. The smallest absolute Gasteiger partial charge is 0.255 e. The maximum Gasteiger partial charge on any atom is 0.255 e. The molecule has 0 radical (unpaired) electrons. The van der Waals surface area contributed by atoms with E-state index in [1.807, 2.05) is 25.1 Å². The van der Waals surface area contributed by atoms with Crippen LogP contribution in [-0.2, 0) is 0 Å². The summed E-state index contributed by atoms with van der Waals surface area (Å²) in [5.41, 5.74) is 3.30. The van der Waals surface area contributed by atoms with Gasteiger partial charge in [-0.25, -0.2) is 0 Å². The molecule has 0 bridgehead atoms. The van der Waals surface area contributed by atoms with Crippen molar-refractivity contribution in [3.63, 3.8) is 0 Å². The van der Waals surface area contributed by atoms with Crippen molar-refractivity contribution in [2.75, 3.05) is 18.4 Å². The van der Waals surface area contributed by atoms with Crippen LogP contribution in [0.4, 0.5) is 5.69 Å². The third-order valence-electron chi connectivity index (χ3n) is 4.45. The van der Waals surface area contributed by atoms with Crippen molar-refractivity contribution >= 4 is 23.4 Å². The predicted molar refractivity (Wildman–Crippen MR) is 117 cm³/mol. The second-order valence-corrected chi connectivity index (χ2v) is 6.78. The Morgan fingerprint density at radius 2 is 1.07 bits per heavy atom. The van der Waals surface area contributed by atoms with E-state index in [1.165, 1.54) is 0 Å². The number of carbonyl (C=O) groups is 3. The molecule has 3 amide bonds.